The van der Waals surface area contributed by atoms with Gasteiger partial charge in [-0.25, -0.2) is 8.78 Å². The second-order valence-electron chi connectivity index (χ2n) is 10.2. The number of aromatic nitrogens is 2. The minimum absolute atomic E-state index is 0.0208. The Morgan fingerprint density at radius 3 is 2.44 bits per heavy atom. The lowest BCUT2D eigenvalue weighted by Crippen LogP contribution is -2.45. The number of para-hydroxylation sites is 1. The van der Waals surface area contributed by atoms with Crippen molar-refractivity contribution in [3.63, 3.8) is 0 Å². The molecule has 3 aromatic rings. The summed E-state index contributed by atoms with van der Waals surface area (Å²) in [5.41, 5.74) is -3.74. The molecule has 1 aliphatic heterocycles. The van der Waals surface area contributed by atoms with E-state index in [1.165, 1.54) is 11.0 Å². The van der Waals surface area contributed by atoms with Crippen LogP contribution in [0.15, 0.2) is 54.9 Å². The third-order valence-corrected chi connectivity index (χ3v) is 7.77. The molecule has 2 N–H and O–H groups in total. The van der Waals surface area contributed by atoms with E-state index >= 15 is 0 Å². The van der Waals surface area contributed by atoms with Crippen LogP contribution < -0.4 is 10.2 Å². The molecule has 7 nitrogen and oxygen atoms in total. The van der Waals surface area contributed by atoms with Crippen LogP contribution in [0, 0.1) is 5.92 Å². The predicted octanol–water partition coefficient (Wildman–Crippen LogP) is 5.66. The van der Waals surface area contributed by atoms with E-state index in [-0.39, 0.29) is 40.3 Å². The number of halogens is 6. The van der Waals surface area contributed by atoms with Gasteiger partial charge in [0.1, 0.15) is 5.69 Å². The van der Waals surface area contributed by atoms with Gasteiger partial charge in [-0.15, -0.1) is 0 Å². The molecule has 41 heavy (non-hydrogen) atoms. The molecular weight excluding hydrogens is 571 g/mol. The second-order valence-corrected chi connectivity index (χ2v) is 10.6. The van der Waals surface area contributed by atoms with Gasteiger partial charge in [0, 0.05) is 30.5 Å². The van der Waals surface area contributed by atoms with Crippen LogP contribution in [0.5, 0.6) is 0 Å². The quantitative estimate of drug-likeness (QED) is 0.359. The van der Waals surface area contributed by atoms with Crippen molar-refractivity contribution in [2.75, 3.05) is 11.4 Å². The van der Waals surface area contributed by atoms with E-state index in [1.807, 2.05) is 0 Å². The Morgan fingerprint density at radius 2 is 1.80 bits per heavy atom. The average molecular weight is 595 g/mol. The maximum absolute atomic E-state index is 13.6. The molecule has 216 valence electrons. The third-order valence-electron chi connectivity index (χ3n) is 7.56. The molecule has 0 spiro atoms. The zero-order chi connectivity index (χ0) is 29.5. The summed E-state index contributed by atoms with van der Waals surface area (Å²) < 4.78 is 65.8. The number of pyridine rings is 2. The Balaban J connectivity index is 1.27. The van der Waals surface area contributed by atoms with Gasteiger partial charge in [-0.2, -0.15) is 13.2 Å². The van der Waals surface area contributed by atoms with E-state index in [0.29, 0.717) is 37.6 Å². The Morgan fingerprint density at radius 1 is 1.10 bits per heavy atom. The minimum atomic E-state index is -4.62. The summed E-state index contributed by atoms with van der Waals surface area (Å²) >= 11 is 5.85. The molecule has 0 bridgehead atoms. The lowest BCUT2D eigenvalue weighted by Gasteiger charge is -2.32. The number of hydrogen-bond donors (Lipinski definition) is 2. The van der Waals surface area contributed by atoms with Crippen LogP contribution in [0.3, 0.4) is 0 Å². The summed E-state index contributed by atoms with van der Waals surface area (Å²) in [6.07, 6.45) is -3.71. The maximum Gasteiger partial charge on any atom is 0.417 e. The Bertz CT molecular complexity index is 1460. The van der Waals surface area contributed by atoms with Crippen molar-refractivity contribution in [3.8, 4) is 0 Å². The van der Waals surface area contributed by atoms with Gasteiger partial charge in [0.05, 0.1) is 27.5 Å². The molecule has 2 aliphatic rings. The van der Waals surface area contributed by atoms with Gasteiger partial charge in [-0.05, 0) is 55.9 Å². The molecule has 0 saturated heterocycles. The number of fused-ring (bicyclic) bond motifs is 1. The monoisotopic (exact) mass is 594 g/mol. The number of anilines is 1. The van der Waals surface area contributed by atoms with Crippen LogP contribution in [-0.2, 0) is 16.6 Å². The average Bonchev–Trinajstić information content (AvgIpc) is 3.16. The molecule has 13 heteroatoms. The smallest absolute Gasteiger partial charge is 0.370 e. The molecule has 1 fully saturated rings. The lowest BCUT2D eigenvalue weighted by molar-refractivity contribution is -0.137. The molecule has 1 unspecified atom stereocenters. The first kappa shape index (κ1) is 28.9. The summed E-state index contributed by atoms with van der Waals surface area (Å²) in [4.78, 5) is 35.1. The lowest BCUT2D eigenvalue weighted by atomic mass is 9.85. The van der Waals surface area contributed by atoms with Crippen molar-refractivity contribution in [2.45, 2.75) is 49.9 Å². The summed E-state index contributed by atoms with van der Waals surface area (Å²) in [7, 11) is 0. The molecule has 1 aliphatic carbocycles. The molecule has 2 amide bonds. The number of nitrogens with one attached hydrogen (secondary N) is 1. The Hall–Kier alpha value is -3.64. The molecule has 1 saturated carbocycles. The van der Waals surface area contributed by atoms with Crippen LogP contribution in [0.25, 0.3) is 0 Å². The van der Waals surface area contributed by atoms with Crippen LogP contribution in [0.4, 0.5) is 27.6 Å². The van der Waals surface area contributed by atoms with E-state index in [9.17, 15) is 36.6 Å². The second kappa shape index (κ2) is 11.0. The van der Waals surface area contributed by atoms with Gasteiger partial charge in [0.2, 0.25) is 5.60 Å². The number of aliphatic hydroxyl groups is 1. The maximum atomic E-state index is 13.6. The largest absolute Gasteiger partial charge is 0.417 e. The first-order chi connectivity index (χ1) is 19.4. The first-order valence-corrected chi connectivity index (χ1v) is 13.2. The number of carbonyl (C=O) groups is 2. The van der Waals surface area contributed by atoms with Crippen LogP contribution in [0.2, 0.25) is 5.02 Å². The summed E-state index contributed by atoms with van der Waals surface area (Å²) in [5, 5.41) is 14.4. The highest BCUT2D eigenvalue weighted by molar-refractivity contribution is 6.30. The van der Waals surface area contributed by atoms with Crippen molar-refractivity contribution >= 4 is 29.1 Å². The zero-order valence-electron chi connectivity index (χ0n) is 21.3. The highest BCUT2D eigenvalue weighted by atomic mass is 35.5. The minimum Gasteiger partial charge on any atom is -0.370 e. The fraction of sp³-hybridized carbons (Fsp3) is 0.357. The van der Waals surface area contributed by atoms with E-state index in [1.54, 1.807) is 18.2 Å². The van der Waals surface area contributed by atoms with Crippen molar-refractivity contribution < 1.29 is 36.6 Å². The first-order valence-electron chi connectivity index (χ1n) is 12.8. The van der Waals surface area contributed by atoms with Gasteiger partial charge < -0.3 is 15.3 Å². The molecule has 1 atom stereocenters. The topological polar surface area (TPSA) is 95.4 Å². The summed E-state index contributed by atoms with van der Waals surface area (Å²) in [5.74, 6) is -1.43. The van der Waals surface area contributed by atoms with Crippen LogP contribution in [-0.4, -0.2) is 39.5 Å². The van der Waals surface area contributed by atoms with E-state index in [0.717, 1.165) is 24.4 Å². The molecule has 1 aromatic carbocycles. The van der Waals surface area contributed by atoms with Crippen molar-refractivity contribution in [2.24, 2.45) is 5.92 Å². The highest BCUT2D eigenvalue weighted by Gasteiger charge is 2.52. The van der Waals surface area contributed by atoms with Crippen LogP contribution >= 0.6 is 11.6 Å². The number of nitrogens with zero attached hydrogens (tertiary/aromatic N) is 3. The van der Waals surface area contributed by atoms with Gasteiger partial charge in [0.15, 0.2) is 0 Å². The van der Waals surface area contributed by atoms with Gasteiger partial charge >= 0.3 is 6.18 Å². The van der Waals surface area contributed by atoms with Gasteiger partial charge in [-0.1, -0.05) is 29.8 Å². The predicted molar refractivity (Wildman–Crippen MR) is 138 cm³/mol. The standard InChI is InChI=1S/C28H24ClF5N4O3/c29-17-11-19(23(24(30)31)36-13-17)25(39)37-18-8-5-15(6-9-18)14-38-21-4-2-1-3-20(21)27(41,26(38)40)22-10-7-16(12-35-22)28(32,33)34/h1-4,7,10-13,15,18,24,41H,5-6,8-9,14H2,(H,37,39)/t15-,18-,27?. The molecular formula is C28H24ClF5N4O3. The number of carbonyl (C=O) groups excluding carboxylic acids is 2. The van der Waals surface area contributed by atoms with Crippen molar-refractivity contribution in [1.29, 1.82) is 0 Å². The Labute approximate surface area is 236 Å². The van der Waals surface area contributed by atoms with Crippen LogP contribution in [0.1, 0.15) is 65.0 Å². The Kier molecular flexibility index (Phi) is 7.73. The normalized spacial score (nSPS) is 22.6. The number of hydrogen-bond acceptors (Lipinski definition) is 5. The summed E-state index contributed by atoms with van der Waals surface area (Å²) in [6.45, 7) is 0.229. The summed E-state index contributed by atoms with van der Waals surface area (Å²) in [6, 6.07) is 9.14. The molecule has 0 radical (unpaired) electrons. The molecule has 5 rings (SSSR count). The number of rotatable bonds is 6. The highest BCUT2D eigenvalue weighted by Crippen LogP contribution is 2.45. The van der Waals surface area contributed by atoms with Gasteiger partial charge in [-0.3, -0.25) is 19.6 Å². The fourth-order valence-corrected chi connectivity index (χ4v) is 5.61. The van der Waals surface area contributed by atoms with Gasteiger partial charge in [0.25, 0.3) is 18.2 Å². The number of amides is 2. The van der Waals surface area contributed by atoms with E-state index in [2.05, 4.69) is 15.3 Å². The number of benzene rings is 1. The van der Waals surface area contributed by atoms with Crippen molar-refractivity contribution in [1.82, 2.24) is 15.3 Å². The van der Waals surface area contributed by atoms with E-state index < -0.39 is 41.3 Å². The molecule has 3 heterocycles. The zero-order valence-corrected chi connectivity index (χ0v) is 22.1. The SMILES string of the molecule is O=C(N[C@H]1CC[C@H](CN2C(=O)C(O)(c3ccc(C(F)(F)F)cn3)c3ccccc32)CC1)c1cc(Cl)cnc1C(F)F. The fourth-order valence-electron chi connectivity index (χ4n) is 5.46. The molecule has 2 aromatic heterocycles. The third kappa shape index (κ3) is 5.50. The number of alkyl halides is 5. The van der Waals surface area contributed by atoms with Crippen molar-refractivity contribution in [3.05, 3.63) is 88.0 Å². The van der Waals surface area contributed by atoms with E-state index in [4.69, 9.17) is 11.6 Å².